The first kappa shape index (κ1) is 19.3. The van der Waals surface area contributed by atoms with Gasteiger partial charge in [0.2, 0.25) is 0 Å². The Hall–Kier alpha value is -0.763. The molecule has 4 nitrogen and oxygen atoms in total. The molecule has 130 valence electrons. The SMILES string of the molecule is CC(C)(C)OC(=O)N1CCCC(O[Si](C)(C)C)(C(F)(F)F)C1. The topological polar surface area (TPSA) is 38.8 Å². The van der Waals surface area contributed by atoms with Gasteiger partial charge in [-0.15, -0.1) is 0 Å². The van der Waals surface area contributed by atoms with E-state index in [9.17, 15) is 18.0 Å². The maximum absolute atomic E-state index is 13.6. The summed E-state index contributed by atoms with van der Waals surface area (Å²) in [6.07, 6.45) is -5.13. The van der Waals surface area contributed by atoms with Gasteiger partial charge in [0.1, 0.15) is 5.60 Å². The fraction of sp³-hybridized carbons (Fsp3) is 0.929. The Kier molecular flexibility index (Phi) is 5.29. The van der Waals surface area contributed by atoms with Crippen molar-refractivity contribution in [3.8, 4) is 0 Å². The van der Waals surface area contributed by atoms with E-state index in [1.165, 1.54) is 0 Å². The molecule has 1 rings (SSSR count). The summed E-state index contributed by atoms with van der Waals surface area (Å²) >= 11 is 0. The molecular formula is C14H26F3NO3Si. The van der Waals surface area contributed by atoms with Gasteiger partial charge < -0.3 is 14.1 Å². The average Bonchev–Trinajstić information content (AvgIpc) is 2.23. The molecule has 1 aliphatic heterocycles. The Morgan fingerprint density at radius 2 is 1.73 bits per heavy atom. The van der Waals surface area contributed by atoms with Gasteiger partial charge >= 0.3 is 12.3 Å². The molecule has 22 heavy (non-hydrogen) atoms. The van der Waals surface area contributed by atoms with Crippen LogP contribution in [0.1, 0.15) is 33.6 Å². The van der Waals surface area contributed by atoms with Crippen LogP contribution in [0.25, 0.3) is 0 Å². The molecule has 1 aliphatic rings. The Labute approximate surface area is 131 Å². The molecule has 1 amide bonds. The predicted octanol–water partition coefficient (Wildman–Crippen LogP) is 4.17. The molecule has 0 spiro atoms. The van der Waals surface area contributed by atoms with Crippen molar-refractivity contribution in [3.05, 3.63) is 0 Å². The molecule has 0 saturated carbocycles. The number of ether oxygens (including phenoxy) is 1. The molecule has 1 saturated heterocycles. The third kappa shape index (κ3) is 5.15. The third-order valence-corrected chi connectivity index (χ3v) is 4.13. The average molecular weight is 341 g/mol. The van der Waals surface area contributed by atoms with Gasteiger partial charge in [-0.2, -0.15) is 13.2 Å². The smallest absolute Gasteiger partial charge is 0.418 e. The zero-order valence-corrected chi connectivity index (χ0v) is 15.1. The molecule has 0 bridgehead atoms. The number of hydrogen-bond donors (Lipinski definition) is 0. The molecular weight excluding hydrogens is 315 g/mol. The molecule has 0 N–H and O–H groups in total. The van der Waals surface area contributed by atoms with E-state index in [2.05, 4.69) is 0 Å². The summed E-state index contributed by atoms with van der Waals surface area (Å²) in [4.78, 5) is 13.2. The van der Waals surface area contributed by atoms with Crippen molar-refractivity contribution in [1.82, 2.24) is 4.90 Å². The molecule has 0 radical (unpaired) electrons. The van der Waals surface area contributed by atoms with Crippen LogP contribution >= 0.6 is 0 Å². The van der Waals surface area contributed by atoms with E-state index in [1.54, 1.807) is 40.4 Å². The molecule has 1 atom stereocenters. The van der Waals surface area contributed by atoms with E-state index < -0.39 is 38.3 Å². The first-order chi connectivity index (χ1) is 9.65. The number of nitrogens with zero attached hydrogens (tertiary/aromatic N) is 1. The van der Waals surface area contributed by atoms with E-state index in [0.29, 0.717) is 0 Å². The molecule has 1 fully saturated rings. The fourth-order valence-corrected chi connectivity index (χ4v) is 3.92. The lowest BCUT2D eigenvalue weighted by atomic mass is 9.92. The predicted molar refractivity (Wildman–Crippen MR) is 80.3 cm³/mol. The summed E-state index contributed by atoms with van der Waals surface area (Å²) in [5, 5.41) is 0. The van der Waals surface area contributed by atoms with Crippen molar-refractivity contribution in [3.63, 3.8) is 0 Å². The van der Waals surface area contributed by atoms with Crippen LogP contribution in [0.2, 0.25) is 19.6 Å². The Morgan fingerprint density at radius 1 is 1.18 bits per heavy atom. The van der Waals surface area contributed by atoms with Crippen LogP contribution in [0.3, 0.4) is 0 Å². The first-order valence-corrected chi connectivity index (χ1v) is 10.8. The van der Waals surface area contributed by atoms with E-state index >= 15 is 0 Å². The van der Waals surface area contributed by atoms with Crippen LogP contribution in [0.15, 0.2) is 0 Å². The number of rotatable bonds is 2. The second kappa shape index (κ2) is 6.03. The molecule has 1 heterocycles. The summed E-state index contributed by atoms with van der Waals surface area (Å²) in [7, 11) is -2.44. The maximum atomic E-state index is 13.6. The second-order valence-corrected chi connectivity index (χ2v) is 12.1. The molecule has 0 aromatic rings. The molecule has 8 heteroatoms. The number of likely N-dealkylation sites (tertiary alicyclic amines) is 1. The number of hydrogen-bond acceptors (Lipinski definition) is 3. The van der Waals surface area contributed by atoms with Crippen molar-refractivity contribution in [1.29, 1.82) is 0 Å². The minimum atomic E-state index is -4.52. The van der Waals surface area contributed by atoms with Crippen molar-refractivity contribution in [2.24, 2.45) is 0 Å². The lowest BCUT2D eigenvalue weighted by Crippen LogP contribution is -2.62. The fourth-order valence-electron chi connectivity index (χ4n) is 2.46. The van der Waals surface area contributed by atoms with Gasteiger partial charge in [-0.3, -0.25) is 0 Å². The Morgan fingerprint density at radius 3 is 2.14 bits per heavy atom. The standard InChI is InChI=1S/C14H26F3NO3Si/c1-12(2,3)20-11(19)18-9-7-8-13(10-18,14(15,16)17)21-22(4,5)6/h7-10H2,1-6H3. The monoisotopic (exact) mass is 341 g/mol. The van der Waals surface area contributed by atoms with Crippen molar-refractivity contribution < 1.29 is 27.1 Å². The third-order valence-electron chi connectivity index (χ3n) is 3.12. The number of carbonyl (C=O) groups is 1. The lowest BCUT2D eigenvalue weighted by Gasteiger charge is -2.46. The highest BCUT2D eigenvalue weighted by atomic mass is 28.4. The van der Waals surface area contributed by atoms with Gasteiger partial charge in [0, 0.05) is 6.54 Å². The van der Waals surface area contributed by atoms with Crippen LogP contribution in [0, 0.1) is 0 Å². The Bertz CT molecular complexity index is 415. The minimum absolute atomic E-state index is 0.125. The molecule has 1 unspecified atom stereocenters. The second-order valence-electron chi connectivity index (χ2n) is 7.71. The zero-order chi connectivity index (χ0) is 17.4. The summed E-state index contributed by atoms with van der Waals surface area (Å²) < 4.78 is 51.6. The van der Waals surface area contributed by atoms with Crippen LogP contribution in [-0.2, 0) is 9.16 Å². The van der Waals surface area contributed by atoms with Crippen LogP contribution in [0.4, 0.5) is 18.0 Å². The van der Waals surface area contributed by atoms with Crippen molar-refractivity contribution >= 4 is 14.4 Å². The van der Waals surface area contributed by atoms with Gasteiger partial charge in [0.25, 0.3) is 0 Å². The highest BCUT2D eigenvalue weighted by Crippen LogP contribution is 2.42. The summed E-state index contributed by atoms with van der Waals surface area (Å²) in [6, 6.07) is 0. The van der Waals surface area contributed by atoms with E-state index in [-0.39, 0.29) is 19.4 Å². The van der Waals surface area contributed by atoms with E-state index in [0.717, 1.165) is 4.90 Å². The molecule has 0 aromatic heterocycles. The van der Waals surface area contributed by atoms with Crippen LogP contribution < -0.4 is 0 Å². The zero-order valence-electron chi connectivity index (χ0n) is 14.1. The number of alkyl halides is 3. The van der Waals surface area contributed by atoms with Gasteiger partial charge in [-0.1, -0.05) is 0 Å². The number of amides is 1. The number of piperidine rings is 1. The van der Waals surface area contributed by atoms with Gasteiger partial charge in [0.15, 0.2) is 13.9 Å². The maximum Gasteiger partial charge on any atom is 0.418 e. The van der Waals surface area contributed by atoms with Gasteiger partial charge in [-0.25, -0.2) is 4.79 Å². The van der Waals surface area contributed by atoms with Gasteiger partial charge in [-0.05, 0) is 53.3 Å². The molecule has 0 aromatic carbocycles. The largest absolute Gasteiger partial charge is 0.444 e. The number of carbonyl (C=O) groups excluding carboxylic acids is 1. The van der Waals surface area contributed by atoms with Crippen LogP contribution in [0.5, 0.6) is 0 Å². The van der Waals surface area contributed by atoms with E-state index in [1.807, 2.05) is 0 Å². The minimum Gasteiger partial charge on any atom is -0.444 e. The van der Waals surface area contributed by atoms with Gasteiger partial charge in [0.05, 0.1) is 6.54 Å². The van der Waals surface area contributed by atoms with Crippen LogP contribution in [-0.4, -0.2) is 49.8 Å². The number of halogens is 3. The van der Waals surface area contributed by atoms with Crippen molar-refractivity contribution in [2.75, 3.05) is 13.1 Å². The summed E-state index contributed by atoms with van der Waals surface area (Å²) in [6.45, 7) is 9.95. The quantitative estimate of drug-likeness (QED) is 0.708. The van der Waals surface area contributed by atoms with E-state index in [4.69, 9.17) is 9.16 Å². The van der Waals surface area contributed by atoms with Crippen molar-refractivity contribution in [2.45, 2.75) is 70.6 Å². The summed E-state index contributed by atoms with van der Waals surface area (Å²) in [5.41, 5.74) is -3.03. The highest BCUT2D eigenvalue weighted by Gasteiger charge is 2.59. The lowest BCUT2D eigenvalue weighted by molar-refractivity contribution is -0.264. The molecule has 0 aliphatic carbocycles. The Balaban J connectivity index is 2.98. The normalized spacial score (nSPS) is 24.3. The first-order valence-electron chi connectivity index (χ1n) is 7.40. The highest BCUT2D eigenvalue weighted by molar-refractivity contribution is 6.69. The summed E-state index contributed by atoms with van der Waals surface area (Å²) in [5.74, 6) is 0.